The van der Waals surface area contributed by atoms with Crippen molar-refractivity contribution in [1.82, 2.24) is 0 Å². The largest absolute Gasteiger partial charge is 0.363 e. The Morgan fingerprint density at radius 1 is 1.29 bits per heavy atom. The van der Waals surface area contributed by atoms with Crippen molar-refractivity contribution in [2.75, 3.05) is 6.61 Å². The van der Waals surface area contributed by atoms with Gasteiger partial charge in [0, 0.05) is 17.7 Å². The highest BCUT2D eigenvalue weighted by molar-refractivity contribution is 5.41. The van der Waals surface area contributed by atoms with Crippen molar-refractivity contribution in [3.63, 3.8) is 0 Å². The lowest BCUT2D eigenvalue weighted by atomic mass is 10.2. The van der Waals surface area contributed by atoms with Gasteiger partial charge in [0.15, 0.2) is 0 Å². The topological polar surface area (TPSA) is 52.4 Å². The molecule has 1 aromatic carbocycles. The third kappa shape index (κ3) is 5.14. The summed E-state index contributed by atoms with van der Waals surface area (Å²) in [7, 11) is 0. The van der Waals surface area contributed by atoms with Gasteiger partial charge in [-0.05, 0) is 32.9 Å². The highest BCUT2D eigenvalue weighted by Gasteiger charge is 2.07. The minimum Gasteiger partial charge on any atom is -0.363 e. The van der Waals surface area contributed by atoms with E-state index in [1.54, 1.807) is 12.1 Å². The van der Waals surface area contributed by atoms with E-state index in [1.165, 1.54) is 12.1 Å². The predicted octanol–water partition coefficient (Wildman–Crippen LogP) is 2.76. The van der Waals surface area contributed by atoms with E-state index in [0.29, 0.717) is 6.61 Å². The fourth-order valence-corrected chi connectivity index (χ4v) is 1.06. The highest BCUT2D eigenvalue weighted by Crippen LogP contribution is 2.11. The zero-order chi connectivity index (χ0) is 12.9. The SMILES string of the molecule is CC(C)(C)OCC#Cc1ccc([N+](=O)[O-])cc1. The Kier molecular flexibility index (Phi) is 4.24. The molecule has 0 saturated carbocycles. The molecule has 0 aliphatic carbocycles. The number of rotatable bonds is 2. The van der Waals surface area contributed by atoms with Gasteiger partial charge >= 0.3 is 0 Å². The van der Waals surface area contributed by atoms with Crippen molar-refractivity contribution < 1.29 is 9.66 Å². The molecule has 0 radical (unpaired) electrons. The van der Waals surface area contributed by atoms with E-state index in [-0.39, 0.29) is 11.3 Å². The van der Waals surface area contributed by atoms with E-state index < -0.39 is 4.92 Å². The van der Waals surface area contributed by atoms with Crippen LogP contribution in [0, 0.1) is 22.0 Å². The van der Waals surface area contributed by atoms with Crippen LogP contribution in [-0.2, 0) is 4.74 Å². The number of nitrogens with zero attached hydrogens (tertiary/aromatic N) is 1. The molecule has 0 amide bonds. The maximum absolute atomic E-state index is 10.4. The molecule has 90 valence electrons. The summed E-state index contributed by atoms with van der Waals surface area (Å²) in [5.74, 6) is 5.75. The molecule has 17 heavy (non-hydrogen) atoms. The van der Waals surface area contributed by atoms with Crippen molar-refractivity contribution in [3.05, 3.63) is 39.9 Å². The van der Waals surface area contributed by atoms with Gasteiger partial charge in [0.1, 0.15) is 6.61 Å². The Balaban J connectivity index is 2.58. The molecule has 0 heterocycles. The number of hydrogen-bond acceptors (Lipinski definition) is 3. The molecule has 1 rings (SSSR count). The second kappa shape index (κ2) is 5.46. The van der Waals surface area contributed by atoms with Gasteiger partial charge in [-0.25, -0.2) is 0 Å². The number of non-ortho nitro benzene ring substituents is 1. The van der Waals surface area contributed by atoms with E-state index >= 15 is 0 Å². The lowest BCUT2D eigenvalue weighted by Gasteiger charge is -2.16. The van der Waals surface area contributed by atoms with E-state index in [0.717, 1.165) is 5.56 Å². The molecule has 4 heteroatoms. The van der Waals surface area contributed by atoms with Crippen LogP contribution in [0.25, 0.3) is 0 Å². The molecular formula is C13H15NO3. The normalized spacial score (nSPS) is 10.5. The van der Waals surface area contributed by atoms with E-state index in [4.69, 9.17) is 4.74 Å². The Bertz CT molecular complexity index is 446. The fourth-order valence-electron chi connectivity index (χ4n) is 1.06. The molecule has 0 aliphatic heterocycles. The van der Waals surface area contributed by atoms with Crippen molar-refractivity contribution in [2.24, 2.45) is 0 Å². The predicted molar refractivity (Wildman–Crippen MR) is 65.7 cm³/mol. The van der Waals surface area contributed by atoms with Gasteiger partial charge < -0.3 is 4.74 Å². The van der Waals surface area contributed by atoms with Crippen molar-refractivity contribution >= 4 is 5.69 Å². The quantitative estimate of drug-likeness (QED) is 0.448. The van der Waals surface area contributed by atoms with E-state index in [9.17, 15) is 10.1 Å². The monoisotopic (exact) mass is 233 g/mol. The van der Waals surface area contributed by atoms with Gasteiger partial charge in [-0.2, -0.15) is 0 Å². The minimum absolute atomic E-state index is 0.0708. The highest BCUT2D eigenvalue weighted by atomic mass is 16.6. The third-order valence-electron chi connectivity index (χ3n) is 1.89. The van der Waals surface area contributed by atoms with Gasteiger partial charge in [0.25, 0.3) is 5.69 Å². The summed E-state index contributed by atoms with van der Waals surface area (Å²) in [6.45, 7) is 6.22. The summed E-state index contributed by atoms with van der Waals surface area (Å²) in [5, 5.41) is 10.4. The Hall–Kier alpha value is -1.86. The summed E-state index contributed by atoms with van der Waals surface area (Å²) in [4.78, 5) is 10.0. The van der Waals surface area contributed by atoms with Gasteiger partial charge in [0.05, 0.1) is 10.5 Å². The van der Waals surface area contributed by atoms with Gasteiger partial charge in [-0.1, -0.05) is 11.8 Å². The first-order valence-electron chi connectivity index (χ1n) is 5.26. The van der Waals surface area contributed by atoms with E-state index in [1.807, 2.05) is 20.8 Å². The van der Waals surface area contributed by atoms with Gasteiger partial charge in [0.2, 0.25) is 0 Å². The Labute approximate surface area is 101 Å². The van der Waals surface area contributed by atoms with E-state index in [2.05, 4.69) is 11.8 Å². The molecule has 0 atom stereocenters. The van der Waals surface area contributed by atoms with Gasteiger partial charge in [-0.3, -0.25) is 10.1 Å². The van der Waals surface area contributed by atoms with Gasteiger partial charge in [-0.15, -0.1) is 0 Å². The Morgan fingerprint density at radius 3 is 2.35 bits per heavy atom. The number of ether oxygens (including phenoxy) is 1. The molecule has 0 aromatic heterocycles. The van der Waals surface area contributed by atoms with Crippen LogP contribution in [0.15, 0.2) is 24.3 Å². The van der Waals surface area contributed by atoms with Crippen LogP contribution >= 0.6 is 0 Å². The first-order valence-corrected chi connectivity index (χ1v) is 5.26. The average Bonchev–Trinajstić information content (AvgIpc) is 2.24. The molecule has 0 aliphatic rings. The Morgan fingerprint density at radius 2 is 1.88 bits per heavy atom. The molecule has 0 bridgehead atoms. The van der Waals surface area contributed by atoms with Crippen molar-refractivity contribution in [1.29, 1.82) is 0 Å². The summed E-state index contributed by atoms with van der Waals surface area (Å²) in [5.41, 5.74) is 0.610. The molecule has 4 nitrogen and oxygen atoms in total. The zero-order valence-corrected chi connectivity index (χ0v) is 10.2. The molecule has 0 saturated heterocycles. The lowest BCUT2D eigenvalue weighted by Crippen LogP contribution is -2.19. The van der Waals surface area contributed by atoms with Crippen molar-refractivity contribution in [3.8, 4) is 11.8 Å². The first-order chi connectivity index (χ1) is 7.88. The van der Waals surface area contributed by atoms with Crippen LogP contribution in [0.4, 0.5) is 5.69 Å². The fraction of sp³-hybridized carbons (Fsp3) is 0.385. The van der Waals surface area contributed by atoms with Crippen LogP contribution in [0.2, 0.25) is 0 Å². The standard InChI is InChI=1S/C13H15NO3/c1-13(2,3)17-10-4-5-11-6-8-12(9-7-11)14(15)16/h6-9H,10H2,1-3H3. The van der Waals surface area contributed by atoms with Crippen LogP contribution in [0.3, 0.4) is 0 Å². The second-order valence-electron chi connectivity index (χ2n) is 4.51. The van der Waals surface area contributed by atoms with Crippen LogP contribution in [-0.4, -0.2) is 17.1 Å². The van der Waals surface area contributed by atoms with Crippen LogP contribution in [0.1, 0.15) is 26.3 Å². The van der Waals surface area contributed by atoms with Crippen molar-refractivity contribution in [2.45, 2.75) is 26.4 Å². The zero-order valence-electron chi connectivity index (χ0n) is 10.2. The summed E-state index contributed by atoms with van der Waals surface area (Å²) in [6, 6.07) is 6.13. The number of hydrogen-bond donors (Lipinski definition) is 0. The number of nitro groups is 1. The summed E-state index contributed by atoms with van der Waals surface area (Å²) >= 11 is 0. The maximum Gasteiger partial charge on any atom is 0.269 e. The first kappa shape index (κ1) is 13.2. The molecule has 0 fully saturated rings. The average molecular weight is 233 g/mol. The second-order valence-corrected chi connectivity index (χ2v) is 4.51. The maximum atomic E-state index is 10.4. The lowest BCUT2D eigenvalue weighted by molar-refractivity contribution is -0.384. The summed E-state index contributed by atoms with van der Waals surface area (Å²) in [6.07, 6.45) is 0. The van der Waals surface area contributed by atoms with Crippen LogP contribution < -0.4 is 0 Å². The third-order valence-corrected chi connectivity index (χ3v) is 1.89. The molecule has 0 unspecified atom stereocenters. The molecular weight excluding hydrogens is 218 g/mol. The molecule has 1 aromatic rings. The molecule has 0 N–H and O–H groups in total. The molecule has 0 spiro atoms. The van der Waals surface area contributed by atoms with Crippen LogP contribution in [0.5, 0.6) is 0 Å². The smallest absolute Gasteiger partial charge is 0.269 e. The number of nitro benzene ring substituents is 1. The number of benzene rings is 1. The summed E-state index contributed by atoms with van der Waals surface area (Å²) < 4.78 is 5.43. The minimum atomic E-state index is -0.431.